The van der Waals surface area contributed by atoms with Gasteiger partial charge < -0.3 is 9.09 Å². The van der Waals surface area contributed by atoms with Crippen molar-refractivity contribution in [1.82, 2.24) is 28.9 Å². The molecule has 4 heterocycles. The molecular formula is C21H26N6O3S. The first-order valence-electron chi connectivity index (χ1n) is 10.4. The number of imidazole rings is 1. The first-order valence-corrected chi connectivity index (χ1v) is 11.9. The van der Waals surface area contributed by atoms with Gasteiger partial charge in [0.25, 0.3) is 15.9 Å². The van der Waals surface area contributed by atoms with Gasteiger partial charge in [0.1, 0.15) is 0 Å². The maximum absolute atomic E-state index is 12.9. The summed E-state index contributed by atoms with van der Waals surface area (Å²) in [6.45, 7) is 1.90. The van der Waals surface area contributed by atoms with Crippen LogP contribution in [0, 0.1) is 5.41 Å². The molecule has 0 saturated carbocycles. The van der Waals surface area contributed by atoms with Crippen molar-refractivity contribution in [2.75, 3.05) is 26.7 Å². The van der Waals surface area contributed by atoms with Gasteiger partial charge in [-0.1, -0.05) is 23.4 Å². The largest absolute Gasteiger partial charge is 0.339 e. The van der Waals surface area contributed by atoms with Crippen LogP contribution < -0.4 is 0 Å². The van der Waals surface area contributed by atoms with E-state index in [1.54, 1.807) is 22.1 Å². The maximum Gasteiger partial charge on any atom is 0.262 e. The van der Waals surface area contributed by atoms with Crippen LogP contribution in [0.25, 0.3) is 11.5 Å². The number of benzene rings is 1. The number of aromatic nitrogens is 4. The van der Waals surface area contributed by atoms with E-state index in [1.807, 2.05) is 30.3 Å². The molecule has 2 aliphatic heterocycles. The standard InChI is InChI=1S/C21H26N6O3S/c1-25-13-18(22-15-25)31(28,29)27-10-8-21(9-11-27)12-17(26(2)14-21)19-23-20(30-24-19)16-6-4-3-5-7-16/h3-7,13,15,17H,8-12,14H2,1-2H3. The summed E-state index contributed by atoms with van der Waals surface area (Å²) in [5, 5.41) is 4.37. The van der Waals surface area contributed by atoms with E-state index in [0.717, 1.165) is 31.4 Å². The van der Waals surface area contributed by atoms with Gasteiger partial charge >= 0.3 is 0 Å². The van der Waals surface area contributed by atoms with E-state index < -0.39 is 10.0 Å². The monoisotopic (exact) mass is 442 g/mol. The number of nitrogens with zero attached hydrogens (tertiary/aromatic N) is 6. The van der Waals surface area contributed by atoms with Crippen molar-refractivity contribution in [2.45, 2.75) is 30.3 Å². The molecule has 1 aromatic carbocycles. The Morgan fingerprint density at radius 1 is 1.13 bits per heavy atom. The Morgan fingerprint density at radius 2 is 1.87 bits per heavy atom. The molecule has 1 atom stereocenters. The molecule has 2 aliphatic rings. The highest BCUT2D eigenvalue weighted by Gasteiger charge is 2.47. The highest BCUT2D eigenvalue weighted by molar-refractivity contribution is 7.89. The highest BCUT2D eigenvalue weighted by atomic mass is 32.2. The Balaban J connectivity index is 1.29. The first-order chi connectivity index (χ1) is 14.9. The van der Waals surface area contributed by atoms with Crippen LogP contribution in [0.1, 0.15) is 31.1 Å². The van der Waals surface area contributed by atoms with Gasteiger partial charge in [-0.2, -0.15) is 9.29 Å². The minimum Gasteiger partial charge on any atom is -0.339 e. The Kier molecular flexibility index (Phi) is 4.95. The van der Waals surface area contributed by atoms with Gasteiger partial charge in [-0.25, -0.2) is 13.4 Å². The SMILES string of the molecule is CN1CC2(CCN(S(=O)(=O)c3cn(C)cn3)CC2)CC1c1noc(-c2ccccc2)n1. The molecule has 0 bridgehead atoms. The van der Waals surface area contributed by atoms with E-state index in [-0.39, 0.29) is 16.5 Å². The van der Waals surface area contributed by atoms with E-state index in [0.29, 0.717) is 24.8 Å². The lowest BCUT2D eigenvalue weighted by atomic mass is 9.77. The topological polar surface area (TPSA) is 97.4 Å². The van der Waals surface area contributed by atoms with E-state index in [2.05, 4.69) is 27.1 Å². The third kappa shape index (κ3) is 3.68. The lowest BCUT2D eigenvalue weighted by Crippen LogP contribution is -2.44. The van der Waals surface area contributed by atoms with Gasteiger partial charge in [0, 0.05) is 38.4 Å². The summed E-state index contributed by atoms with van der Waals surface area (Å²) in [7, 11) is 0.303. The van der Waals surface area contributed by atoms with Crippen LogP contribution in [-0.4, -0.2) is 64.0 Å². The number of aryl methyl sites for hydroxylation is 1. The van der Waals surface area contributed by atoms with Crippen LogP contribution in [0.3, 0.4) is 0 Å². The summed E-state index contributed by atoms with van der Waals surface area (Å²) >= 11 is 0. The number of sulfonamides is 1. The normalized spacial score (nSPS) is 22.3. The highest BCUT2D eigenvalue weighted by Crippen LogP contribution is 2.48. The number of hydrogen-bond acceptors (Lipinski definition) is 7. The summed E-state index contributed by atoms with van der Waals surface area (Å²) < 4.78 is 34.5. The Morgan fingerprint density at radius 3 is 2.55 bits per heavy atom. The van der Waals surface area contributed by atoms with Gasteiger partial charge in [-0.05, 0) is 43.9 Å². The molecule has 1 spiro atoms. The van der Waals surface area contributed by atoms with Gasteiger partial charge in [0.2, 0.25) is 0 Å². The second-order valence-electron chi connectivity index (χ2n) is 8.74. The number of rotatable bonds is 4. The van der Waals surface area contributed by atoms with Crippen molar-refractivity contribution in [3.05, 3.63) is 48.7 Å². The molecule has 2 saturated heterocycles. The number of likely N-dealkylation sites (tertiary alicyclic amines) is 1. The predicted octanol–water partition coefficient (Wildman–Crippen LogP) is 2.32. The molecule has 31 heavy (non-hydrogen) atoms. The molecule has 0 N–H and O–H groups in total. The molecule has 1 unspecified atom stereocenters. The number of hydrogen-bond donors (Lipinski definition) is 0. The molecule has 164 valence electrons. The quantitative estimate of drug-likeness (QED) is 0.612. The fourth-order valence-electron chi connectivity index (χ4n) is 4.84. The Bertz CT molecular complexity index is 1160. The van der Waals surface area contributed by atoms with E-state index in [4.69, 9.17) is 4.52 Å². The Hall–Kier alpha value is -2.56. The van der Waals surface area contributed by atoms with Crippen molar-refractivity contribution in [3.8, 4) is 11.5 Å². The molecule has 0 radical (unpaired) electrons. The Labute approximate surface area is 181 Å². The van der Waals surface area contributed by atoms with Crippen LogP contribution >= 0.6 is 0 Å². The zero-order valence-electron chi connectivity index (χ0n) is 17.7. The molecule has 0 aliphatic carbocycles. The number of piperidine rings is 1. The molecule has 9 nitrogen and oxygen atoms in total. The third-order valence-electron chi connectivity index (χ3n) is 6.57. The van der Waals surface area contributed by atoms with Crippen molar-refractivity contribution >= 4 is 10.0 Å². The fourth-order valence-corrected chi connectivity index (χ4v) is 6.25. The molecule has 10 heteroatoms. The van der Waals surface area contributed by atoms with Gasteiger partial charge in [-0.15, -0.1) is 0 Å². The second kappa shape index (κ2) is 7.54. The smallest absolute Gasteiger partial charge is 0.262 e. The molecule has 3 aromatic rings. The summed E-state index contributed by atoms with van der Waals surface area (Å²) in [4.78, 5) is 11.0. The minimum atomic E-state index is -3.55. The van der Waals surface area contributed by atoms with Gasteiger partial charge in [-0.3, -0.25) is 4.90 Å². The second-order valence-corrected chi connectivity index (χ2v) is 10.6. The predicted molar refractivity (Wildman–Crippen MR) is 113 cm³/mol. The zero-order valence-corrected chi connectivity index (χ0v) is 18.5. The van der Waals surface area contributed by atoms with Crippen molar-refractivity contribution < 1.29 is 12.9 Å². The summed E-state index contributed by atoms with van der Waals surface area (Å²) in [5.74, 6) is 1.22. The molecule has 5 rings (SSSR count). The van der Waals surface area contributed by atoms with Crippen LogP contribution in [-0.2, 0) is 17.1 Å². The zero-order chi connectivity index (χ0) is 21.6. The van der Waals surface area contributed by atoms with E-state index in [9.17, 15) is 8.42 Å². The van der Waals surface area contributed by atoms with Crippen LogP contribution in [0.5, 0.6) is 0 Å². The van der Waals surface area contributed by atoms with Crippen LogP contribution in [0.15, 0.2) is 52.4 Å². The average molecular weight is 443 g/mol. The third-order valence-corrected chi connectivity index (χ3v) is 8.36. The molecular weight excluding hydrogens is 416 g/mol. The van der Waals surface area contributed by atoms with E-state index >= 15 is 0 Å². The lowest BCUT2D eigenvalue weighted by Gasteiger charge is -2.38. The molecule has 0 amide bonds. The lowest BCUT2D eigenvalue weighted by molar-refractivity contribution is 0.161. The molecule has 2 aromatic heterocycles. The van der Waals surface area contributed by atoms with Crippen molar-refractivity contribution in [1.29, 1.82) is 0 Å². The summed E-state index contributed by atoms with van der Waals surface area (Å²) in [6, 6.07) is 9.82. The van der Waals surface area contributed by atoms with Crippen LogP contribution in [0.4, 0.5) is 0 Å². The van der Waals surface area contributed by atoms with Crippen molar-refractivity contribution in [3.63, 3.8) is 0 Å². The molecule has 2 fully saturated rings. The van der Waals surface area contributed by atoms with Gasteiger partial charge in [0.15, 0.2) is 10.9 Å². The first kappa shape index (κ1) is 20.3. The fraction of sp³-hybridized carbons (Fsp3) is 0.476. The van der Waals surface area contributed by atoms with E-state index in [1.165, 1.54) is 6.33 Å². The maximum atomic E-state index is 12.9. The minimum absolute atomic E-state index is 0.0586. The van der Waals surface area contributed by atoms with Crippen LogP contribution in [0.2, 0.25) is 0 Å². The average Bonchev–Trinajstić information content (AvgIpc) is 3.49. The van der Waals surface area contributed by atoms with Gasteiger partial charge in [0.05, 0.1) is 12.4 Å². The summed E-state index contributed by atoms with van der Waals surface area (Å²) in [6.07, 6.45) is 5.59. The van der Waals surface area contributed by atoms with Crippen molar-refractivity contribution in [2.24, 2.45) is 12.5 Å². The summed E-state index contributed by atoms with van der Waals surface area (Å²) in [5.41, 5.74) is 0.966.